The van der Waals surface area contributed by atoms with Crippen LogP contribution in [0.25, 0.3) is 0 Å². The molecule has 0 aromatic heterocycles. The topological polar surface area (TPSA) is 56.8 Å². The van der Waals surface area contributed by atoms with Gasteiger partial charge in [-0.1, -0.05) is 40.9 Å². The summed E-state index contributed by atoms with van der Waals surface area (Å²) in [5.74, 6) is 1.44. The number of carbonyl (C=O) groups excluding carboxylic acids is 1. The normalized spacial score (nSPS) is 13.2. The average Bonchev–Trinajstić information content (AvgIpc) is 2.83. The van der Waals surface area contributed by atoms with Crippen LogP contribution in [0.4, 0.5) is 4.79 Å². The number of rotatable bonds is 4. The number of alkyl carbamates (subject to hydrolysis) is 1. The Morgan fingerprint density at radius 2 is 2.05 bits per heavy atom. The summed E-state index contributed by atoms with van der Waals surface area (Å²) >= 11 is 16.4. The Labute approximate surface area is 131 Å². The van der Waals surface area contributed by atoms with Crippen molar-refractivity contribution < 1.29 is 19.0 Å². The minimum absolute atomic E-state index is 0.236. The Morgan fingerprint density at radius 3 is 2.80 bits per heavy atom. The minimum Gasteiger partial charge on any atom is -0.454 e. The molecule has 1 heterocycles. The molecule has 0 saturated heterocycles. The van der Waals surface area contributed by atoms with Gasteiger partial charge in [-0.3, -0.25) is 0 Å². The van der Waals surface area contributed by atoms with Gasteiger partial charge in [0.25, 0.3) is 0 Å². The van der Waals surface area contributed by atoms with Crippen LogP contribution in [0.3, 0.4) is 0 Å². The van der Waals surface area contributed by atoms with Gasteiger partial charge in [-0.25, -0.2) is 4.79 Å². The zero-order valence-electron chi connectivity index (χ0n) is 10.3. The summed E-state index contributed by atoms with van der Waals surface area (Å²) in [5.41, 5.74) is 1.01. The lowest BCUT2D eigenvalue weighted by Crippen LogP contribution is -2.29. The van der Waals surface area contributed by atoms with E-state index in [1.807, 2.05) is 18.2 Å². The first kappa shape index (κ1) is 15.4. The molecule has 110 valence electrons. The van der Waals surface area contributed by atoms with Gasteiger partial charge in [0.1, 0.15) is 6.61 Å². The van der Waals surface area contributed by atoms with E-state index >= 15 is 0 Å². The van der Waals surface area contributed by atoms with Crippen molar-refractivity contribution in [1.82, 2.24) is 5.32 Å². The molecule has 0 aliphatic carbocycles. The molecule has 1 aromatic carbocycles. The number of carbonyl (C=O) groups is 1. The Morgan fingerprint density at radius 1 is 1.30 bits per heavy atom. The minimum atomic E-state index is -1.60. The van der Waals surface area contributed by atoms with Gasteiger partial charge in [-0.2, -0.15) is 0 Å². The fourth-order valence-electron chi connectivity index (χ4n) is 1.60. The Bertz CT molecular complexity index is 490. The maximum Gasteiger partial charge on any atom is 0.407 e. The van der Waals surface area contributed by atoms with Crippen molar-refractivity contribution in [2.75, 3.05) is 19.9 Å². The van der Waals surface area contributed by atoms with Crippen LogP contribution in [0, 0.1) is 0 Å². The average molecular weight is 341 g/mol. The van der Waals surface area contributed by atoms with Gasteiger partial charge in [0.2, 0.25) is 10.6 Å². The zero-order chi connectivity index (χ0) is 14.6. The molecule has 1 aliphatic heterocycles. The molecule has 2 rings (SSSR count). The van der Waals surface area contributed by atoms with E-state index in [1.54, 1.807) is 0 Å². The van der Waals surface area contributed by atoms with Crippen molar-refractivity contribution in [1.29, 1.82) is 0 Å². The molecular formula is C12H12Cl3NO4. The molecule has 20 heavy (non-hydrogen) atoms. The molecule has 0 saturated carbocycles. The quantitative estimate of drug-likeness (QED) is 0.856. The molecule has 0 bridgehead atoms. The van der Waals surface area contributed by atoms with Crippen molar-refractivity contribution >= 4 is 40.9 Å². The number of nitrogens with one attached hydrogen (secondary N) is 1. The number of ether oxygens (including phenoxy) is 3. The highest BCUT2D eigenvalue weighted by Gasteiger charge is 2.22. The molecule has 0 atom stereocenters. The summed E-state index contributed by atoms with van der Waals surface area (Å²) in [6.45, 7) is 0.340. The lowest BCUT2D eigenvalue weighted by atomic mass is 10.1. The van der Waals surface area contributed by atoms with E-state index in [0.29, 0.717) is 18.7 Å². The molecular weight excluding hydrogens is 328 g/mol. The van der Waals surface area contributed by atoms with Crippen LogP contribution in [0.1, 0.15) is 5.56 Å². The summed E-state index contributed by atoms with van der Waals surface area (Å²) in [5, 5.41) is 2.56. The van der Waals surface area contributed by atoms with Crippen LogP contribution in [-0.4, -0.2) is 29.8 Å². The van der Waals surface area contributed by atoms with E-state index in [2.05, 4.69) is 5.32 Å². The highest BCUT2D eigenvalue weighted by molar-refractivity contribution is 6.67. The Hall–Kier alpha value is -1.04. The molecule has 0 spiro atoms. The molecule has 5 nitrogen and oxygen atoms in total. The number of hydrogen-bond donors (Lipinski definition) is 1. The van der Waals surface area contributed by atoms with Crippen LogP contribution in [-0.2, 0) is 11.2 Å². The second kappa shape index (κ2) is 6.61. The van der Waals surface area contributed by atoms with Gasteiger partial charge in [-0.05, 0) is 24.1 Å². The Balaban J connectivity index is 1.72. The molecule has 1 aromatic rings. The predicted molar refractivity (Wildman–Crippen MR) is 75.9 cm³/mol. The molecule has 1 aliphatic rings. The lowest BCUT2D eigenvalue weighted by Gasteiger charge is -2.12. The number of halogens is 3. The Kier molecular flexibility index (Phi) is 5.07. The smallest absolute Gasteiger partial charge is 0.407 e. The predicted octanol–water partition coefficient (Wildman–Crippen LogP) is 3.05. The van der Waals surface area contributed by atoms with Crippen molar-refractivity contribution in [3.05, 3.63) is 23.8 Å². The second-order valence-electron chi connectivity index (χ2n) is 4.06. The van der Waals surface area contributed by atoms with E-state index < -0.39 is 9.89 Å². The van der Waals surface area contributed by atoms with E-state index in [-0.39, 0.29) is 13.4 Å². The SMILES string of the molecule is O=C(NCCc1ccc2c(c1)OCO2)OCC(Cl)(Cl)Cl. The number of alkyl halides is 3. The molecule has 1 amide bonds. The van der Waals surface area contributed by atoms with E-state index in [0.717, 1.165) is 11.3 Å². The first-order valence-corrected chi connectivity index (χ1v) is 6.93. The number of amides is 1. The van der Waals surface area contributed by atoms with E-state index in [9.17, 15) is 4.79 Å². The van der Waals surface area contributed by atoms with Crippen molar-refractivity contribution in [2.24, 2.45) is 0 Å². The van der Waals surface area contributed by atoms with Gasteiger partial charge < -0.3 is 19.5 Å². The van der Waals surface area contributed by atoms with E-state index in [1.165, 1.54) is 0 Å². The van der Waals surface area contributed by atoms with Crippen LogP contribution >= 0.6 is 34.8 Å². The number of benzene rings is 1. The summed E-state index contributed by atoms with van der Waals surface area (Å²) in [7, 11) is 0. The van der Waals surface area contributed by atoms with Gasteiger partial charge in [0, 0.05) is 6.54 Å². The second-order valence-corrected chi connectivity index (χ2v) is 6.57. The number of hydrogen-bond acceptors (Lipinski definition) is 4. The first-order chi connectivity index (χ1) is 9.44. The highest BCUT2D eigenvalue weighted by atomic mass is 35.6. The summed E-state index contributed by atoms with van der Waals surface area (Å²) in [6, 6.07) is 5.61. The third-order valence-electron chi connectivity index (χ3n) is 2.49. The monoisotopic (exact) mass is 339 g/mol. The van der Waals surface area contributed by atoms with Crippen LogP contribution in [0.2, 0.25) is 0 Å². The molecule has 1 N–H and O–H groups in total. The van der Waals surface area contributed by atoms with Crippen LogP contribution in [0.15, 0.2) is 18.2 Å². The maximum absolute atomic E-state index is 11.3. The fourth-order valence-corrected chi connectivity index (χ4v) is 1.77. The maximum atomic E-state index is 11.3. The largest absolute Gasteiger partial charge is 0.454 e. The summed E-state index contributed by atoms with van der Waals surface area (Å²) in [4.78, 5) is 11.3. The van der Waals surface area contributed by atoms with Gasteiger partial charge >= 0.3 is 6.09 Å². The standard InChI is InChI=1S/C12H12Cl3NO4/c13-12(14,15)6-18-11(17)16-4-3-8-1-2-9-10(5-8)20-7-19-9/h1-2,5H,3-4,6-7H2,(H,16,17). The van der Waals surface area contributed by atoms with Gasteiger partial charge in [0.05, 0.1) is 0 Å². The van der Waals surface area contributed by atoms with Gasteiger partial charge in [-0.15, -0.1) is 0 Å². The van der Waals surface area contributed by atoms with Crippen molar-refractivity contribution in [2.45, 2.75) is 10.2 Å². The van der Waals surface area contributed by atoms with E-state index in [4.69, 9.17) is 49.0 Å². The first-order valence-electron chi connectivity index (χ1n) is 5.80. The van der Waals surface area contributed by atoms with Crippen molar-refractivity contribution in [3.8, 4) is 11.5 Å². The summed E-state index contributed by atoms with van der Waals surface area (Å²) in [6.07, 6.45) is -0.00320. The molecule has 0 unspecified atom stereocenters. The number of fused-ring (bicyclic) bond motifs is 1. The van der Waals surface area contributed by atoms with Crippen molar-refractivity contribution in [3.63, 3.8) is 0 Å². The summed E-state index contributed by atoms with van der Waals surface area (Å²) < 4.78 is 13.6. The lowest BCUT2D eigenvalue weighted by molar-refractivity contribution is 0.148. The fraction of sp³-hybridized carbons (Fsp3) is 0.417. The molecule has 0 radical (unpaired) electrons. The zero-order valence-corrected chi connectivity index (χ0v) is 12.6. The third-order valence-corrected chi connectivity index (χ3v) is 2.81. The molecule has 0 fully saturated rings. The molecule has 8 heteroatoms. The highest BCUT2D eigenvalue weighted by Crippen LogP contribution is 2.32. The van der Waals surface area contributed by atoms with Crippen LogP contribution in [0.5, 0.6) is 11.5 Å². The third kappa shape index (κ3) is 4.81. The van der Waals surface area contributed by atoms with Gasteiger partial charge in [0.15, 0.2) is 11.5 Å². The van der Waals surface area contributed by atoms with Crippen LogP contribution < -0.4 is 14.8 Å².